The van der Waals surface area contributed by atoms with Crippen molar-refractivity contribution in [3.05, 3.63) is 84.4 Å². The topological polar surface area (TPSA) is 41.9 Å². The fourth-order valence-corrected chi connectivity index (χ4v) is 3.33. The number of alkyl halides is 7. The lowest BCUT2D eigenvalue weighted by Crippen LogP contribution is -2.49. The number of anilines is 1. The van der Waals surface area contributed by atoms with Gasteiger partial charge < -0.3 is 19.5 Å². The molecule has 0 aliphatic rings. The smallest absolute Gasteiger partial charge is 0.457 e. The maximum Gasteiger partial charge on any atom is 0.461 e. The Morgan fingerprint density at radius 3 is 2.06 bits per heavy atom. The van der Waals surface area contributed by atoms with Crippen LogP contribution in [0.1, 0.15) is 12.5 Å². The number of benzene rings is 3. The molecule has 0 saturated carbocycles. The molecular formula is C25H22Cl3F4NO3. The van der Waals surface area contributed by atoms with E-state index in [1.54, 1.807) is 41.3 Å². The van der Waals surface area contributed by atoms with Gasteiger partial charge in [-0.25, -0.2) is 0 Å². The molecule has 0 aliphatic heterocycles. The number of nitrogens with zero attached hydrogens (tertiary/aromatic N) is 1. The van der Waals surface area contributed by atoms with Gasteiger partial charge in [0, 0.05) is 18.3 Å². The molecule has 3 aromatic carbocycles. The fraction of sp³-hybridized carbons (Fsp3) is 0.280. The molecule has 0 radical (unpaired) electrons. The van der Waals surface area contributed by atoms with Crippen molar-refractivity contribution in [1.29, 1.82) is 0 Å². The second-order valence-electron chi connectivity index (χ2n) is 8.15. The highest BCUT2D eigenvalue weighted by molar-refractivity contribution is 6.68. The quantitative estimate of drug-likeness (QED) is 0.201. The van der Waals surface area contributed by atoms with E-state index in [1.807, 2.05) is 18.2 Å². The van der Waals surface area contributed by atoms with Gasteiger partial charge in [0.05, 0.1) is 6.54 Å². The second-order valence-corrected chi connectivity index (χ2v) is 10.4. The summed E-state index contributed by atoms with van der Waals surface area (Å²) in [6.45, 7) is 1.36. The molecule has 0 bridgehead atoms. The minimum absolute atomic E-state index is 0.136. The van der Waals surface area contributed by atoms with Crippen LogP contribution in [0.3, 0.4) is 0 Å². The standard InChI is InChI=1S/C25H22Cl3F4NO3/c1-23(34,25(26,27)28)16-33(15-17-10-12-20(13-11-17)36-24(31,32)22(29)30)18-6-5-9-21(14-18)35-19-7-3-2-4-8-19/h2-14,22,34H,15-16H2,1H3. The van der Waals surface area contributed by atoms with Gasteiger partial charge in [-0.3, -0.25) is 0 Å². The van der Waals surface area contributed by atoms with Gasteiger partial charge in [0.1, 0.15) is 22.8 Å². The van der Waals surface area contributed by atoms with Crippen molar-refractivity contribution in [2.24, 2.45) is 0 Å². The minimum atomic E-state index is -4.62. The predicted molar refractivity (Wildman–Crippen MR) is 133 cm³/mol. The number of rotatable bonds is 10. The van der Waals surface area contributed by atoms with Crippen molar-refractivity contribution in [2.75, 3.05) is 11.4 Å². The largest absolute Gasteiger partial charge is 0.461 e. The van der Waals surface area contributed by atoms with E-state index in [9.17, 15) is 22.7 Å². The monoisotopic (exact) mass is 565 g/mol. The van der Waals surface area contributed by atoms with E-state index in [-0.39, 0.29) is 13.1 Å². The summed E-state index contributed by atoms with van der Waals surface area (Å²) in [5.41, 5.74) is -0.615. The molecule has 1 unspecified atom stereocenters. The van der Waals surface area contributed by atoms with Gasteiger partial charge in [-0.15, -0.1) is 0 Å². The van der Waals surface area contributed by atoms with Crippen LogP contribution in [-0.2, 0) is 6.54 Å². The van der Waals surface area contributed by atoms with Crippen LogP contribution in [0.5, 0.6) is 17.2 Å². The van der Waals surface area contributed by atoms with Gasteiger partial charge in [-0.2, -0.15) is 17.6 Å². The van der Waals surface area contributed by atoms with Gasteiger partial charge in [0.15, 0.2) is 0 Å². The van der Waals surface area contributed by atoms with Crippen molar-refractivity contribution in [2.45, 2.75) is 35.4 Å². The van der Waals surface area contributed by atoms with Crippen molar-refractivity contribution in [3.63, 3.8) is 0 Å². The number of hydrogen-bond acceptors (Lipinski definition) is 4. The molecule has 1 atom stereocenters. The Bertz CT molecular complexity index is 1130. The van der Waals surface area contributed by atoms with Crippen molar-refractivity contribution >= 4 is 40.5 Å². The molecule has 0 saturated heterocycles. The summed E-state index contributed by atoms with van der Waals surface area (Å²) >= 11 is 18.0. The van der Waals surface area contributed by atoms with E-state index in [2.05, 4.69) is 4.74 Å². The number of para-hydroxylation sites is 1. The first-order valence-electron chi connectivity index (χ1n) is 10.6. The molecule has 0 spiro atoms. The molecule has 0 aromatic heterocycles. The number of halogens is 7. The van der Waals surface area contributed by atoms with Crippen molar-refractivity contribution in [3.8, 4) is 17.2 Å². The number of ether oxygens (including phenoxy) is 2. The third-order valence-corrected chi connectivity index (χ3v) is 6.30. The zero-order valence-corrected chi connectivity index (χ0v) is 21.1. The molecule has 3 rings (SSSR count). The minimum Gasteiger partial charge on any atom is -0.457 e. The van der Waals surface area contributed by atoms with Gasteiger partial charge in [-0.05, 0) is 48.9 Å². The first kappa shape index (κ1) is 28.2. The highest BCUT2D eigenvalue weighted by Crippen LogP contribution is 2.40. The summed E-state index contributed by atoms with van der Waals surface area (Å²) < 4.78 is 59.2. The van der Waals surface area contributed by atoms with Crippen LogP contribution in [0.2, 0.25) is 0 Å². The van der Waals surface area contributed by atoms with E-state index < -0.39 is 27.7 Å². The molecule has 0 aliphatic carbocycles. The first-order valence-corrected chi connectivity index (χ1v) is 11.7. The summed E-state index contributed by atoms with van der Waals surface area (Å²) in [5, 5.41) is 10.8. The summed E-state index contributed by atoms with van der Waals surface area (Å²) in [7, 11) is 0. The van der Waals surface area contributed by atoms with Gasteiger partial charge >= 0.3 is 12.5 Å². The van der Waals surface area contributed by atoms with Crippen molar-refractivity contribution < 1.29 is 32.1 Å². The average molecular weight is 567 g/mol. The summed E-state index contributed by atoms with van der Waals surface area (Å²) in [6.07, 6.45) is -8.59. The normalized spacial score (nSPS) is 13.8. The molecule has 1 N–H and O–H groups in total. The zero-order chi connectivity index (χ0) is 26.6. The SMILES string of the molecule is CC(O)(CN(Cc1ccc(OC(F)(F)C(F)F)cc1)c1cccc(Oc2ccccc2)c1)C(Cl)(Cl)Cl. The Hall–Kier alpha value is -2.39. The molecule has 0 fully saturated rings. The van der Waals surface area contributed by atoms with E-state index >= 15 is 0 Å². The Morgan fingerprint density at radius 2 is 1.47 bits per heavy atom. The Balaban J connectivity index is 1.86. The lowest BCUT2D eigenvalue weighted by molar-refractivity contribution is -0.253. The Morgan fingerprint density at radius 1 is 0.861 bits per heavy atom. The maximum absolute atomic E-state index is 13.2. The van der Waals surface area contributed by atoms with E-state index in [1.165, 1.54) is 19.1 Å². The molecule has 0 amide bonds. The van der Waals surface area contributed by atoms with Gasteiger partial charge in [-0.1, -0.05) is 71.2 Å². The summed E-state index contributed by atoms with van der Waals surface area (Å²) in [5.74, 6) is 0.697. The van der Waals surface area contributed by atoms with E-state index in [0.717, 1.165) is 12.1 Å². The zero-order valence-electron chi connectivity index (χ0n) is 18.9. The molecular weight excluding hydrogens is 545 g/mol. The summed E-state index contributed by atoms with van der Waals surface area (Å²) in [6, 6.07) is 21.2. The highest BCUT2D eigenvalue weighted by Gasteiger charge is 2.45. The van der Waals surface area contributed by atoms with Crippen LogP contribution in [0.15, 0.2) is 78.9 Å². The molecule has 11 heteroatoms. The van der Waals surface area contributed by atoms with Crippen LogP contribution < -0.4 is 14.4 Å². The lowest BCUT2D eigenvalue weighted by Gasteiger charge is -2.37. The van der Waals surface area contributed by atoms with Crippen LogP contribution in [0.25, 0.3) is 0 Å². The van der Waals surface area contributed by atoms with Crippen molar-refractivity contribution in [1.82, 2.24) is 0 Å². The Kier molecular flexibility index (Phi) is 8.88. The van der Waals surface area contributed by atoms with Gasteiger partial charge in [0.2, 0.25) is 3.79 Å². The Labute approximate surface area is 220 Å². The number of hydrogen-bond donors (Lipinski definition) is 1. The molecule has 36 heavy (non-hydrogen) atoms. The molecule has 194 valence electrons. The predicted octanol–water partition coefficient (Wildman–Crippen LogP) is 7.84. The molecule has 3 aromatic rings. The first-order chi connectivity index (χ1) is 16.8. The fourth-order valence-electron chi connectivity index (χ4n) is 3.15. The van der Waals surface area contributed by atoms with Crippen LogP contribution >= 0.6 is 34.8 Å². The van der Waals surface area contributed by atoms with Crippen LogP contribution in [-0.4, -0.2) is 33.6 Å². The molecule has 0 heterocycles. The maximum atomic E-state index is 13.2. The van der Waals surface area contributed by atoms with E-state index in [0.29, 0.717) is 22.7 Å². The van der Waals surface area contributed by atoms with Crippen LogP contribution in [0.4, 0.5) is 23.2 Å². The lowest BCUT2D eigenvalue weighted by atomic mass is 10.1. The average Bonchev–Trinajstić information content (AvgIpc) is 2.79. The summed E-state index contributed by atoms with van der Waals surface area (Å²) in [4.78, 5) is 1.70. The van der Waals surface area contributed by atoms with Crippen LogP contribution in [0, 0.1) is 0 Å². The molecule has 4 nitrogen and oxygen atoms in total. The second kappa shape index (κ2) is 11.3. The third-order valence-electron chi connectivity index (χ3n) is 5.08. The van der Waals surface area contributed by atoms with Gasteiger partial charge in [0.25, 0.3) is 0 Å². The van der Waals surface area contributed by atoms with E-state index in [4.69, 9.17) is 39.5 Å². The highest BCUT2D eigenvalue weighted by atomic mass is 35.6. The third kappa shape index (κ3) is 7.56. The number of aliphatic hydroxyl groups is 1.